The molecule has 0 aliphatic carbocycles. The van der Waals surface area contributed by atoms with Crippen molar-refractivity contribution < 1.29 is 4.74 Å². The molecular weight excluding hydrogens is 286 g/mol. The Kier molecular flexibility index (Phi) is 4.84. The largest absolute Gasteiger partial charge is 0.493 e. The molecule has 1 aromatic rings. The second kappa shape index (κ2) is 6.63. The predicted octanol–water partition coefficient (Wildman–Crippen LogP) is 3.51. The van der Waals surface area contributed by atoms with Crippen LogP contribution in [0, 0.1) is 0 Å². The van der Waals surface area contributed by atoms with Gasteiger partial charge >= 0.3 is 0 Å². The molecule has 1 N–H and O–H groups in total. The first-order valence-corrected chi connectivity index (χ1v) is 9.59. The summed E-state index contributed by atoms with van der Waals surface area (Å²) in [6, 6.07) is 7.21. The standard InChI is InChI=1S/C16H23NOS2/c1-3-14-16(20-9-8-19-14)15(17-2)12-4-5-13-11(10-12)6-7-18-13/h4-5,10,14-17H,3,6-9H2,1-2H3. The maximum Gasteiger partial charge on any atom is 0.122 e. The lowest BCUT2D eigenvalue weighted by molar-refractivity contribution is 0.356. The minimum absolute atomic E-state index is 0.448. The van der Waals surface area contributed by atoms with Crippen molar-refractivity contribution >= 4 is 23.5 Å². The third-order valence-electron chi connectivity index (χ3n) is 4.21. The van der Waals surface area contributed by atoms with E-state index in [1.165, 1.54) is 29.1 Å². The Morgan fingerprint density at radius 3 is 3.00 bits per heavy atom. The molecular formula is C16H23NOS2. The molecule has 110 valence electrons. The van der Waals surface area contributed by atoms with E-state index >= 15 is 0 Å². The molecule has 1 aromatic carbocycles. The summed E-state index contributed by atoms with van der Waals surface area (Å²) < 4.78 is 5.62. The van der Waals surface area contributed by atoms with Gasteiger partial charge < -0.3 is 10.1 Å². The van der Waals surface area contributed by atoms with Gasteiger partial charge in [0.15, 0.2) is 0 Å². The fourth-order valence-corrected chi connectivity index (χ4v) is 6.46. The number of hydrogen-bond acceptors (Lipinski definition) is 4. The first kappa shape index (κ1) is 14.6. The van der Waals surface area contributed by atoms with E-state index in [1.54, 1.807) is 0 Å². The Morgan fingerprint density at radius 1 is 1.35 bits per heavy atom. The molecule has 20 heavy (non-hydrogen) atoms. The summed E-state index contributed by atoms with van der Waals surface area (Å²) in [4.78, 5) is 0. The van der Waals surface area contributed by atoms with Gasteiger partial charge in [0.1, 0.15) is 5.75 Å². The molecule has 4 heteroatoms. The van der Waals surface area contributed by atoms with Crippen LogP contribution in [0.25, 0.3) is 0 Å². The number of nitrogens with one attached hydrogen (secondary N) is 1. The van der Waals surface area contributed by atoms with E-state index in [-0.39, 0.29) is 0 Å². The third-order valence-corrected chi connectivity index (χ3v) is 7.56. The summed E-state index contributed by atoms with van der Waals surface area (Å²) in [5.74, 6) is 3.66. The van der Waals surface area contributed by atoms with Crippen molar-refractivity contribution in [1.29, 1.82) is 0 Å². The molecule has 0 aromatic heterocycles. The molecule has 3 unspecified atom stereocenters. The maximum atomic E-state index is 5.62. The van der Waals surface area contributed by atoms with Crippen LogP contribution in [0.2, 0.25) is 0 Å². The zero-order chi connectivity index (χ0) is 13.9. The van der Waals surface area contributed by atoms with Crippen LogP contribution in [-0.4, -0.2) is 35.7 Å². The Morgan fingerprint density at radius 2 is 2.20 bits per heavy atom. The van der Waals surface area contributed by atoms with Crippen LogP contribution in [0.1, 0.15) is 30.5 Å². The number of benzene rings is 1. The van der Waals surface area contributed by atoms with Gasteiger partial charge in [0.25, 0.3) is 0 Å². The van der Waals surface area contributed by atoms with E-state index in [4.69, 9.17) is 4.74 Å². The zero-order valence-electron chi connectivity index (χ0n) is 12.2. The molecule has 2 aliphatic rings. The Hall–Kier alpha value is -0.320. The molecule has 0 radical (unpaired) electrons. The summed E-state index contributed by atoms with van der Waals surface area (Å²) in [5.41, 5.74) is 2.81. The van der Waals surface area contributed by atoms with Crippen LogP contribution < -0.4 is 10.1 Å². The molecule has 0 saturated carbocycles. The molecule has 3 atom stereocenters. The molecule has 1 fully saturated rings. The van der Waals surface area contributed by atoms with Crippen molar-refractivity contribution in [2.75, 3.05) is 25.2 Å². The van der Waals surface area contributed by atoms with Gasteiger partial charge in [-0.2, -0.15) is 23.5 Å². The van der Waals surface area contributed by atoms with Crippen molar-refractivity contribution in [3.8, 4) is 5.75 Å². The Labute approximate surface area is 130 Å². The molecule has 2 heterocycles. The van der Waals surface area contributed by atoms with Crippen LogP contribution in [0.15, 0.2) is 18.2 Å². The summed E-state index contributed by atoms with van der Waals surface area (Å²) in [6.45, 7) is 3.16. The molecule has 1 saturated heterocycles. The third kappa shape index (κ3) is 2.83. The number of ether oxygens (including phenoxy) is 1. The number of thioether (sulfide) groups is 2. The van der Waals surface area contributed by atoms with Gasteiger partial charge in [-0.05, 0) is 30.7 Å². The van der Waals surface area contributed by atoms with Crippen molar-refractivity contribution in [2.24, 2.45) is 0 Å². The van der Waals surface area contributed by atoms with E-state index in [1.807, 2.05) is 0 Å². The van der Waals surface area contributed by atoms with Crippen molar-refractivity contribution in [1.82, 2.24) is 5.32 Å². The highest BCUT2D eigenvalue weighted by Gasteiger charge is 2.32. The number of rotatable bonds is 4. The summed E-state index contributed by atoms with van der Waals surface area (Å²) in [7, 11) is 2.10. The monoisotopic (exact) mass is 309 g/mol. The lowest BCUT2D eigenvalue weighted by atomic mass is 9.97. The van der Waals surface area contributed by atoms with E-state index in [0.717, 1.165) is 24.0 Å². The smallest absolute Gasteiger partial charge is 0.122 e. The molecule has 2 nitrogen and oxygen atoms in total. The fraction of sp³-hybridized carbons (Fsp3) is 0.625. The molecule has 0 bridgehead atoms. The average molecular weight is 310 g/mol. The fourth-order valence-electron chi connectivity index (χ4n) is 3.17. The summed E-state index contributed by atoms with van der Waals surface area (Å²) >= 11 is 4.29. The van der Waals surface area contributed by atoms with Gasteiger partial charge in [0, 0.05) is 34.5 Å². The van der Waals surface area contributed by atoms with Gasteiger partial charge in [-0.3, -0.25) is 0 Å². The van der Waals surface area contributed by atoms with Crippen LogP contribution in [0.5, 0.6) is 5.75 Å². The second-order valence-electron chi connectivity index (χ2n) is 5.38. The van der Waals surface area contributed by atoms with Crippen LogP contribution >= 0.6 is 23.5 Å². The van der Waals surface area contributed by atoms with E-state index in [9.17, 15) is 0 Å². The van der Waals surface area contributed by atoms with Gasteiger partial charge in [-0.15, -0.1) is 0 Å². The van der Waals surface area contributed by atoms with Crippen LogP contribution in [0.4, 0.5) is 0 Å². The minimum atomic E-state index is 0.448. The van der Waals surface area contributed by atoms with Crippen molar-refractivity contribution in [3.05, 3.63) is 29.3 Å². The topological polar surface area (TPSA) is 21.3 Å². The van der Waals surface area contributed by atoms with Crippen LogP contribution in [0.3, 0.4) is 0 Å². The predicted molar refractivity (Wildman–Crippen MR) is 90.2 cm³/mol. The Bertz CT molecular complexity index is 466. The lowest BCUT2D eigenvalue weighted by Gasteiger charge is -2.36. The lowest BCUT2D eigenvalue weighted by Crippen LogP contribution is -2.37. The van der Waals surface area contributed by atoms with E-state index in [0.29, 0.717) is 11.3 Å². The highest BCUT2D eigenvalue weighted by atomic mass is 32.2. The average Bonchev–Trinajstić information content (AvgIpc) is 2.96. The molecule has 0 amide bonds. The first-order valence-electron chi connectivity index (χ1n) is 7.49. The van der Waals surface area contributed by atoms with E-state index in [2.05, 4.69) is 61.0 Å². The van der Waals surface area contributed by atoms with Gasteiger partial charge in [0.2, 0.25) is 0 Å². The quantitative estimate of drug-likeness (QED) is 0.918. The molecule has 0 spiro atoms. The number of hydrogen-bond donors (Lipinski definition) is 1. The number of fused-ring (bicyclic) bond motifs is 1. The minimum Gasteiger partial charge on any atom is -0.493 e. The summed E-state index contributed by atoms with van der Waals surface area (Å²) in [6.07, 6.45) is 2.32. The highest BCUT2D eigenvalue weighted by Crippen LogP contribution is 2.41. The van der Waals surface area contributed by atoms with Gasteiger partial charge in [-0.1, -0.05) is 19.1 Å². The zero-order valence-corrected chi connectivity index (χ0v) is 13.9. The van der Waals surface area contributed by atoms with Crippen molar-refractivity contribution in [3.63, 3.8) is 0 Å². The van der Waals surface area contributed by atoms with Crippen LogP contribution in [-0.2, 0) is 6.42 Å². The maximum absolute atomic E-state index is 5.62. The molecule has 2 aliphatic heterocycles. The summed E-state index contributed by atoms with van der Waals surface area (Å²) in [5, 5.41) is 5.00. The van der Waals surface area contributed by atoms with E-state index < -0.39 is 0 Å². The normalized spacial score (nSPS) is 26.9. The SMILES string of the molecule is CCC1SCCSC1C(NC)c1ccc2c(c1)CCO2. The first-order chi connectivity index (χ1) is 9.83. The second-order valence-corrected chi connectivity index (χ2v) is 8.02. The molecule has 3 rings (SSSR count). The van der Waals surface area contributed by atoms with Gasteiger partial charge in [0.05, 0.1) is 6.61 Å². The van der Waals surface area contributed by atoms with Crippen molar-refractivity contribution in [2.45, 2.75) is 36.3 Å². The highest BCUT2D eigenvalue weighted by molar-refractivity contribution is 8.07. The van der Waals surface area contributed by atoms with Gasteiger partial charge in [-0.25, -0.2) is 0 Å². The Balaban J connectivity index is 1.85.